The van der Waals surface area contributed by atoms with Crippen molar-refractivity contribution in [1.82, 2.24) is 14.7 Å². The maximum absolute atomic E-state index is 12.3. The summed E-state index contributed by atoms with van der Waals surface area (Å²) in [5.74, 6) is 0.656. The van der Waals surface area contributed by atoms with Gasteiger partial charge in [0.1, 0.15) is 11.4 Å². The Labute approximate surface area is 154 Å². The molecule has 0 aliphatic carbocycles. The summed E-state index contributed by atoms with van der Waals surface area (Å²) in [7, 11) is 1.65. The third-order valence-corrected chi connectivity index (χ3v) is 5.10. The zero-order valence-corrected chi connectivity index (χ0v) is 15.0. The van der Waals surface area contributed by atoms with E-state index in [1.54, 1.807) is 24.6 Å². The number of fused-ring (bicyclic) bond motifs is 1. The van der Waals surface area contributed by atoms with Crippen LogP contribution < -0.4 is 10.1 Å². The molecule has 2 aromatic heterocycles. The highest BCUT2D eigenvalue weighted by molar-refractivity contribution is 7.20. The number of ether oxygens (including phenoxy) is 1. The van der Waals surface area contributed by atoms with Gasteiger partial charge in [0.05, 0.1) is 12.0 Å². The van der Waals surface area contributed by atoms with Crippen LogP contribution >= 0.6 is 11.3 Å². The predicted octanol–water partition coefficient (Wildman–Crippen LogP) is 4.00. The van der Waals surface area contributed by atoms with Gasteiger partial charge in [0.25, 0.3) is 5.91 Å². The van der Waals surface area contributed by atoms with E-state index < -0.39 is 0 Å². The molecular weight excluding hydrogens is 346 g/mol. The fourth-order valence-electron chi connectivity index (χ4n) is 2.66. The van der Waals surface area contributed by atoms with Gasteiger partial charge in [0, 0.05) is 18.9 Å². The number of hydrogen-bond acceptors (Lipinski definition) is 4. The fraction of sp³-hybridized carbons (Fsp3) is 0.100. The van der Waals surface area contributed by atoms with Crippen molar-refractivity contribution in [1.29, 1.82) is 0 Å². The van der Waals surface area contributed by atoms with E-state index in [1.165, 1.54) is 0 Å². The highest BCUT2D eigenvalue weighted by atomic mass is 32.1. The van der Waals surface area contributed by atoms with Crippen LogP contribution in [-0.2, 0) is 6.54 Å². The lowest BCUT2D eigenvalue weighted by atomic mass is 10.2. The Kier molecular flexibility index (Phi) is 4.41. The van der Waals surface area contributed by atoms with Crippen molar-refractivity contribution < 1.29 is 9.53 Å². The number of nitrogens with zero attached hydrogens (tertiary/aromatic N) is 2. The summed E-state index contributed by atoms with van der Waals surface area (Å²) in [6, 6.07) is 17.7. The minimum Gasteiger partial charge on any atom is -0.497 e. The van der Waals surface area contributed by atoms with Crippen molar-refractivity contribution in [2.45, 2.75) is 6.54 Å². The van der Waals surface area contributed by atoms with Crippen LogP contribution in [0.4, 0.5) is 0 Å². The Balaban J connectivity index is 1.49. The first-order valence-corrected chi connectivity index (χ1v) is 8.99. The summed E-state index contributed by atoms with van der Waals surface area (Å²) >= 11 is 1.55. The summed E-state index contributed by atoms with van der Waals surface area (Å²) in [6.07, 6.45) is 3.75. The molecule has 6 heteroatoms. The first-order chi connectivity index (χ1) is 12.7. The van der Waals surface area contributed by atoms with Crippen molar-refractivity contribution >= 4 is 22.2 Å². The molecule has 0 unspecified atom stereocenters. The molecule has 1 amide bonds. The van der Waals surface area contributed by atoms with E-state index in [0.717, 1.165) is 26.7 Å². The molecule has 0 saturated carbocycles. The molecule has 130 valence electrons. The quantitative estimate of drug-likeness (QED) is 0.583. The van der Waals surface area contributed by atoms with E-state index in [2.05, 4.69) is 10.3 Å². The fourth-order valence-corrected chi connectivity index (χ4v) is 3.63. The van der Waals surface area contributed by atoms with Gasteiger partial charge in [0.2, 0.25) is 0 Å². The standard InChI is InChI=1S/C20H17N3O2S/c1-25-16-9-7-15(8-10-16)18-13-23-12-17(22-20(23)26-18)19(24)21-11-14-5-3-2-4-6-14/h2-10,12-13H,11H2,1H3,(H,21,24). The average molecular weight is 363 g/mol. The molecule has 1 N–H and O–H groups in total. The van der Waals surface area contributed by atoms with Gasteiger partial charge in [-0.05, 0) is 35.4 Å². The van der Waals surface area contributed by atoms with Gasteiger partial charge in [-0.3, -0.25) is 9.20 Å². The molecule has 0 radical (unpaired) electrons. The molecule has 2 aromatic carbocycles. The number of rotatable bonds is 5. The lowest BCUT2D eigenvalue weighted by Gasteiger charge is -2.02. The van der Waals surface area contributed by atoms with Crippen LogP contribution in [0.3, 0.4) is 0 Å². The molecule has 4 rings (SSSR count). The zero-order chi connectivity index (χ0) is 17.9. The molecule has 0 bridgehead atoms. The van der Waals surface area contributed by atoms with E-state index >= 15 is 0 Å². The van der Waals surface area contributed by atoms with Gasteiger partial charge in [-0.15, -0.1) is 0 Å². The van der Waals surface area contributed by atoms with E-state index in [-0.39, 0.29) is 5.91 Å². The number of carbonyl (C=O) groups excluding carboxylic acids is 1. The maximum Gasteiger partial charge on any atom is 0.271 e. The number of hydrogen-bond donors (Lipinski definition) is 1. The number of aromatic nitrogens is 2. The molecule has 0 spiro atoms. The minimum atomic E-state index is -0.171. The van der Waals surface area contributed by atoms with Gasteiger partial charge in [-0.2, -0.15) is 0 Å². The second-order valence-corrected chi connectivity index (χ2v) is 6.82. The Hall–Kier alpha value is -3.12. The van der Waals surface area contributed by atoms with Crippen LogP contribution in [-0.4, -0.2) is 22.4 Å². The van der Waals surface area contributed by atoms with Crippen LogP contribution in [0.2, 0.25) is 0 Å². The second kappa shape index (κ2) is 7.01. The maximum atomic E-state index is 12.3. The Morgan fingerprint density at radius 2 is 1.88 bits per heavy atom. The van der Waals surface area contributed by atoms with Crippen LogP contribution in [0, 0.1) is 0 Å². The Morgan fingerprint density at radius 1 is 1.12 bits per heavy atom. The van der Waals surface area contributed by atoms with Crippen molar-refractivity contribution in [3.63, 3.8) is 0 Å². The van der Waals surface area contributed by atoms with Gasteiger partial charge < -0.3 is 10.1 Å². The number of amides is 1. The Bertz CT molecular complexity index is 1000. The summed E-state index contributed by atoms with van der Waals surface area (Å²) in [4.78, 5) is 18.6. The molecule has 0 atom stereocenters. The third-order valence-electron chi connectivity index (χ3n) is 4.06. The first-order valence-electron chi connectivity index (χ1n) is 8.18. The van der Waals surface area contributed by atoms with Gasteiger partial charge in [-0.25, -0.2) is 4.98 Å². The molecule has 4 aromatic rings. The predicted molar refractivity (Wildman–Crippen MR) is 103 cm³/mol. The highest BCUT2D eigenvalue weighted by Gasteiger charge is 2.13. The number of nitrogens with one attached hydrogen (secondary N) is 1. The monoisotopic (exact) mass is 363 g/mol. The van der Waals surface area contributed by atoms with Crippen LogP contribution in [0.15, 0.2) is 67.0 Å². The molecule has 26 heavy (non-hydrogen) atoms. The second-order valence-electron chi connectivity index (χ2n) is 5.81. The largest absolute Gasteiger partial charge is 0.497 e. The average Bonchev–Trinajstić information content (AvgIpc) is 3.26. The van der Waals surface area contributed by atoms with E-state index in [1.807, 2.05) is 65.2 Å². The summed E-state index contributed by atoms with van der Waals surface area (Å²) in [5.41, 5.74) is 2.58. The van der Waals surface area contributed by atoms with Crippen molar-refractivity contribution in [2.75, 3.05) is 7.11 Å². The van der Waals surface area contributed by atoms with Crippen molar-refractivity contribution in [3.05, 3.63) is 78.2 Å². The SMILES string of the molecule is COc1ccc(-c2cn3cc(C(=O)NCc4ccccc4)nc3s2)cc1. The smallest absolute Gasteiger partial charge is 0.271 e. The van der Waals surface area contributed by atoms with Gasteiger partial charge >= 0.3 is 0 Å². The summed E-state index contributed by atoms with van der Waals surface area (Å²) in [5, 5.41) is 2.90. The first kappa shape index (κ1) is 16.4. The topological polar surface area (TPSA) is 55.6 Å². The van der Waals surface area contributed by atoms with Gasteiger partial charge in [-0.1, -0.05) is 41.7 Å². The number of benzene rings is 2. The highest BCUT2D eigenvalue weighted by Crippen LogP contribution is 2.29. The lowest BCUT2D eigenvalue weighted by Crippen LogP contribution is -2.23. The lowest BCUT2D eigenvalue weighted by molar-refractivity contribution is 0.0946. The molecule has 0 fully saturated rings. The zero-order valence-electron chi connectivity index (χ0n) is 14.2. The summed E-state index contributed by atoms with van der Waals surface area (Å²) < 4.78 is 7.08. The molecule has 0 aliphatic rings. The van der Waals surface area contributed by atoms with Crippen molar-refractivity contribution in [2.24, 2.45) is 0 Å². The van der Waals surface area contributed by atoms with E-state index in [0.29, 0.717) is 12.2 Å². The number of carbonyl (C=O) groups is 1. The summed E-state index contributed by atoms with van der Waals surface area (Å²) in [6.45, 7) is 0.488. The van der Waals surface area contributed by atoms with E-state index in [9.17, 15) is 4.79 Å². The van der Waals surface area contributed by atoms with Crippen LogP contribution in [0.1, 0.15) is 16.1 Å². The number of imidazole rings is 1. The Morgan fingerprint density at radius 3 is 2.58 bits per heavy atom. The molecule has 5 nitrogen and oxygen atoms in total. The molecule has 0 saturated heterocycles. The number of methoxy groups -OCH3 is 1. The van der Waals surface area contributed by atoms with Crippen molar-refractivity contribution in [3.8, 4) is 16.2 Å². The third kappa shape index (κ3) is 3.32. The van der Waals surface area contributed by atoms with E-state index in [4.69, 9.17) is 4.74 Å². The minimum absolute atomic E-state index is 0.171. The van der Waals surface area contributed by atoms with Crippen LogP contribution in [0.5, 0.6) is 5.75 Å². The normalized spacial score (nSPS) is 10.8. The van der Waals surface area contributed by atoms with Crippen LogP contribution in [0.25, 0.3) is 15.4 Å². The molecular formula is C20H17N3O2S. The molecule has 0 aliphatic heterocycles. The van der Waals surface area contributed by atoms with Gasteiger partial charge in [0.15, 0.2) is 4.96 Å². The molecule has 2 heterocycles. The number of thiazole rings is 1.